The lowest BCUT2D eigenvalue weighted by atomic mass is 10.1. The van der Waals surface area contributed by atoms with Gasteiger partial charge in [0.15, 0.2) is 11.6 Å². The van der Waals surface area contributed by atoms with E-state index in [0.29, 0.717) is 13.0 Å². The molecule has 7 heteroatoms. The molecule has 0 amide bonds. The number of benzene rings is 1. The monoisotopic (exact) mass is 406 g/mol. The molecule has 1 aliphatic rings. The first-order valence-electron chi connectivity index (χ1n) is 8.36. The topological polar surface area (TPSA) is 61.4 Å². The second-order valence-corrected chi connectivity index (χ2v) is 7.23. The van der Waals surface area contributed by atoms with Crippen LogP contribution >= 0.6 is 15.9 Å². The Hall–Kier alpha value is -2.80. The predicted molar refractivity (Wildman–Crippen MR) is 101 cm³/mol. The molecule has 1 aliphatic heterocycles. The molecule has 0 spiro atoms. The van der Waals surface area contributed by atoms with Crippen molar-refractivity contribution in [2.45, 2.75) is 19.9 Å². The second-order valence-electron chi connectivity index (χ2n) is 6.32. The number of fused-ring (bicyclic) bond motifs is 5. The van der Waals surface area contributed by atoms with Crippen LogP contribution in [0.5, 0.6) is 0 Å². The molecule has 5 rings (SSSR count). The van der Waals surface area contributed by atoms with E-state index in [9.17, 15) is 0 Å². The highest BCUT2D eigenvalue weighted by Gasteiger charge is 2.24. The summed E-state index contributed by atoms with van der Waals surface area (Å²) in [6.07, 6.45) is 4.28. The molecule has 4 heterocycles. The summed E-state index contributed by atoms with van der Waals surface area (Å²) in [4.78, 5) is 13.7. The first-order chi connectivity index (χ1) is 12.7. The molecule has 0 atom stereocenters. The van der Waals surface area contributed by atoms with Gasteiger partial charge in [0.1, 0.15) is 0 Å². The summed E-state index contributed by atoms with van der Waals surface area (Å²) >= 11 is 3.58. The van der Waals surface area contributed by atoms with E-state index in [1.807, 2.05) is 42.2 Å². The molecular formula is C19H15BrN6. The number of rotatable bonds is 2. The average Bonchev–Trinajstić information content (AvgIpc) is 3.17. The molecule has 0 saturated carbocycles. The normalized spacial score (nSPS) is 12.2. The molecule has 0 N–H and O–H groups in total. The summed E-state index contributed by atoms with van der Waals surface area (Å²) < 4.78 is 5.11. The summed E-state index contributed by atoms with van der Waals surface area (Å²) in [6, 6.07) is 12.1. The largest absolute Gasteiger partial charge is 0.300 e. The minimum atomic E-state index is 0.614. The Bertz CT molecular complexity index is 1110. The van der Waals surface area contributed by atoms with Crippen LogP contribution < -0.4 is 0 Å². The van der Waals surface area contributed by atoms with E-state index in [1.165, 1.54) is 0 Å². The third-order valence-electron chi connectivity index (χ3n) is 4.61. The maximum absolute atomic E-state index is 4.84. The van der Waals surface area contributed by atoms with Crippen LogP contribution in [0.1, 0.15) is 22.9 Å². The van der Waals surface area contributed by atoms with E-state index < -0.39 is 0 Å². The van der Waals surface area contributed by atoms with Crippen LogP contribution in [0.3, 0.4) is 0 Å². The fraction of sp³-hybridized carbons (Fsp3) is 0.158. The lowest BCUT2D eigenvalue weighted by Gasteiger charge is -2.08. The lowest BCUT2D eigenvalue weighted by molar-refractivity contribution is 0.663. The maximum atomic E-state index is 4.84. The van der Waals surface area contributed by atoms with Crippen molar-refractivity contribution in [3.8, 4) is 17.1 Å². The van der Waals surface area contributed by atoms with E-state index in [2.05, 4.69) is 42.6 Å². The van der Waals surface area contributed by atoms with E-state index in [-0.39, 0.29) is 0 Å². The Labute approximate surface area is 158 Å². The Morgan fingerprint density at radius 3 is 2.92 bits per heavy atom. The summed E-state index contributed by atoms with van der Waals surface area (Å²) in [7, 11) is 0. The highest BCUT2D eigenvalue weighted by molar-refractivity contribution is 9.10. The van der Waals surface area contributed by atoms with Gasteiger partial charge in [-0.05, 0) is 37.3 Å². The molecule has 0 radical (unpaired) electrons. The first-order valence-corrected chi connectivity index (χ1v) is 9.15. The number of pyridine rings is 1. The highest BCUT2D eigenvalue weighted by atomic mass is 79.9. The van der Waals surface area contributed by atoms with Crippen LogP contribution in [-0.4, -0.2) is 29.3 Å². The average molecular weight is 407 g/mol. The zero-order valence-electron chi connectivity index (χ0n) is 14.1. The molecule has 0 unspecified atom stereocenters. The summed E-state index contributed by atoms with van der Waals surface area (Å²) in [6.45, 7) is 2.67. The number of halogens is 1. The van der Waals surface area contributed by atoms with E-state index in [1.54, 1.807) is 6.20 Å². The van der Waals surface area contributed by atoms with Crippen molar-refractivity contribution < 1.29 is 0 Å². The van der Waals surface area contributed by atoms with Gasteiger partial charge in [-0.1, -0.05) is 22.0 Å². The summed E-state index contributed by atoms with van der Waals surface area (Å²) in [5, 5.41) is 4.76. The molecule has 128 valence electrons. The van der Waals surface area contributed by atoms with Crippen molar-refractivity contribution in [3.05, 3.63) is 76.3 Å². The number of aromatic nitrogens is 6. The molecule has 3 aromatic heterocycles. The van der Waals surface area contributed by atoms with Gasteiger partial charge < -0.3 is 4.57 Å². The van der Waals surface area contributed by atoms with Gasteiger partial charge in [-0.3, -0.25) is 4.98 Å². The molecular weight excluding hydrogens is 392 g/mol. The van der Waals surface area contributed by atoms with Crippen molar-refractivity contribution in [3.63, 3.8) is 0 Å². The predicted octanol–water partition coefficient (Wildman–Crippen LogP) is 3.55. The highest BCUT2D eigenvalue weighted by Crippen LogP contribution is 2.33. The quantitative estimate of drug-likeness (QED) is 0.449. The molecule has 6 nitrogen and oxygen atoms in total. The van der Waals surface area contributed by atoms with Crippen LogP contribution in [0.25, 0.3) is 17.1 Å². The van der Waals surface area contributed by atoms with Gasteiger partial charge in [0.2, 0.25) is 0 Å². The molecule has 0 fully saturated rings. The number of hydrogen-bond acceptors (Lipinski definition) is 4. The lowest BCUT2D eigenvalue weighted by Crippen LogP contribution is -2.06. The van der Waals surface area contributed by atoms with Crippen molar-refractivity contribution >= 4 is 15.9 Å². The molecule has 26 heavy (non-hydrogen) atoms. The third kappa shape index (κ3) is 2.47. The second kappa shape index (κ2) is 5.88. The Kier molecular flexibility index (Phi) is 3.49. The minimum Gasteiger partial charge on any atom is -0.300 e. The van der Waals surface area contributed by atoms with Crippen LogP contribution in [0, 0.1) is 6.92 Å². The van der Waals surface area contributed by atoms with Crippen molar-refractivity contribution in [2.24, 2.45) is 0 Å². The number of nitrogens with zero attached hydrogens (tertiary/aromatic N) is 6. The summed E-state index contributed by atoms with van der Waals surface area (Å²) in [5.41, 5.74) is 5.20. The Balaban J connectivity index is 1.68. The Morgan fingerprint density at radius 1 is 1.15 bits per heavy atom. The van der Waals surface area contributed by atoms with E-state index in [4.69, 9.17) is 10.1 Å². The molecule has 4 aromatic rings. The number of hydrogen-bond donors (Lipinski definition) is 0. The zero-order chi connectivity index (χ0) is 17.7. The standard InChI is InChI=1S/C19H15BrN6/c1-12-17-10-26-19(23-18(24-26)9-14-4-2-3-7-21-14)15-8-13(20)5-6-16(15)25(17)11-22-12/h2-8,11H,9-10H2,1H3. The van der Waals surface area contributed by atoms with Gasteiger partial charge in [0, 0.05) is 21.9 Å². The Morgan fingerprint density at radius 2 is 2.08 bits per heavy atom. The molecule has 1 aromatic carbocycles. The molecule has 0 saturated heterocycles. The van der Waals surface area contributed by atoms with Gasteiger partial charge in [-0.2, -0.15) is 5.10 Å². The van der Waals surface area contributed by atoms with Crippen molar-refractivity contribution in [1.82, 2.24) is 29.3 Å². The van der Waals surface area contributed by atoms with Gasteiger partial charge in [0.25, 0.3) is 0 Å². The van der Waals surface area contributed by atoms with Crippen molar-refractivity contribution in [2.75, 3.05) is 0 Å². The van der Waals surface area contributed by atoms with Gasteiger partial charge in [-0.15, -0.1) is 0 Å². The van der Waals surface area contributed by atoms with Crippen LogP contribution in [0.15, 0.2) is 53.4 Å². The minimum absolute atomic E-state index is 0.614. The first kappa shape index (κ1) is 15.5. The van der Waals surface area contributed by atoms with Gasteiger partial charge in [0.05, 0.1) is 36.4 Å². The SMILES string of the molecule is Cc1ncn2c1Cn1nc(Cc3ccccn3)nc1-c1cc(Br)ccc1-2. The number of aryl methyl sites for hydroxylation is 1. The number of imidazole rings is 1. The van der Waals surface area contributed by atoms with Crippen LogP contribution in [0.4, 0.5) is 0 Å². The van der Waals surface area contributed by atoms with Gasteiger partial charge in [-0.25, -0.2) is 14.6 Å². The van der Waals surface area contributed by atoms with E-state index in [0.717, 1.165) is 44.5 Å². The maximum Gasteiger partial charge on any atom is 0.160 e. The third-order valence-corrected chi connectivity index (χ3v) is 5.11. The fourth-order valence-electron chi connectivity index (χ4n) is 3.34. The van der Waals surface area contributed by atoms with Crippen LogP contribution in [-0.2, 0) is 13.0 Å². The van der Waals surface area contributed by atoms with Gasteiger partial charge >= 0.3 is 0 Å². The summed E-state index contributed by atoms with van der Waals surface area (Å²) in [5.74, 6) is 1.64. The smallest absolute Gasteiger partial charge is 0.160 e. The van der Waals surface area contributed by atoms with E-state index >= 15 is 0 Å². The van der Waals surface area contributed by atoms with Crippen molar-refractivity contribution in [1.29, 1.82) is 0 Å². The zero-order valence-corrected chi connectivity index (χ0v) is 15.7. The fourth-order valence-corrected chi connectivity index (χ4v) is 3.70. The van der Waals surface area contributed by atoms with Crippen LogP contribution in [0.2, 0.25) is 0 Å². The molecule has 0 bridgehead atoms. The molecule has 0 aliphatic carbocycles.